The highest BCUT2D eigenvalue weighted by Crippen LogP contribution is 2.38. The number of benzene rings is 3. The molecule has 7 nitrogen and oxygen atoms in total. The Hall–Kier alpha value is -4.56. The Morgan fingerprint density at radius 3 is 2.03 bits per heavy atom. The third kappa shape index (κ3) is 3.89. The molecule has 1 amide bonds. The molecule has 0 atom stereocenters. The van der Waals surface area contributed by atoms with Crippen LogP contribution in [0.15, 0.2) is 72.8 Å². The van der Waals surface area contributed by atoms with Crippen LogP contribution in [0.5, 0.6) is 0 Å². The lowest BCUT2D eigenvalue weighted by Crippen LogP contribution is -2.21. The summed E-state index contributed by atoms with van der Waals surface area (Å²) in [6, 6.07) is 20.4. The molecule has 8 heteroatoms. The number of carbonyl (C=O) groups is 4. The number of rotatable bonds is 5. The molecule has 35 heavy (non-hydrogen) atoms. The van der Waals surface area contributed by atoms with Crippen LogP contribution >= 0.6 is 11.3 Å². The summed E-state index contributed by atoms with van der Waals surface area (Å²) >= 11 is 1.10. The van der Waals surface area contributed by atoms with E-state index in [4.69, 9.17) is 5.73 Å². The van der Waals surface area contributed by atoms with Crippen LogP contribution in [0.3, 0.4) is 0 Å². The van der Waals surface area contributed by atoms with Crippen LogP contribution in [-0.2, 0) is 0 Å². The van der Waals surface area contributed by atoms with Gasteiger partial charge in [0.25, 0.3) is 5.91 Å². The fourth-order valence-electron chi connectivity index (χ4n) is 4.04. The number of carbonyl (C=O) groups excluding carboxylic acids is 4. The van der Waals surface area contributed by atoms with Crippen LogP contribution in [0, 0.1) is 0 Å². The molecule has 5 rings (SSSR count). The lowest BCUT2D eigenvalue weighted by molar-refractivity contribution is 0.0979. The maximum absolute atomic E-state index is 13.3. The number of hydrogen-bond donors (Lipinski definition) is 3. The Morgan fingerprint density at radius 1 is 0.771 bits per heavy atom. The Balaban J connectivity index is 1.49. The Bertz CT molecular complexity index is 1540. The van der Waals surface area contributed by atoms with Gasteiger partial charge in [-0.2, -0.15) is 0 Å². The first-order valence-corrected chi connectivity index (χ1v) is 11.6. The van der Waals surface area contributed by atoms with Gasteiger partial charge in [0.2, 0.25) is 0 Å². The molecule has 4 N–H and O–H groups in total. The summed E-state index contributed by atoms with van der Waals surface area (Å²) in [6.07, 6.45) is 0. The Labute approximate surface area is 204 Å². The SMILES string of the molecule is CC(=O)c1sc(Nc2ccccc2)c(C(=O)Nc2ccc3c(c2)C(=O)c2ccccc2C3=O)c1N. The van der Waals surface area contributed by atoms with Gasteiger partial charge < -0.3 is 16.4 Å². The van der Waals surface area contributed by atoms with Crippen LogP contribution < -0.4 is 16.4 Å². The van der Waals surface area contributed by atoms with Crippen molar-refractivity contribution in [1.82, 2.24) is 0 Å². The number of nitrogen functional groups attached to an aromatic ring is 1. The van der Waals surface area contributed by atoms with Gasteiger partial charge in [-0.25, -0.2) is 0 Å². The molecule has 1 aliphatic carbocycles. The van der Waals surface area contributed by atoms with Gasteiger partial charge in [-0.1, -0.05) is 42.5 Å². The van der Waals surface area contributed by atoms with E-state index in [1.54, 1.807) is 30.3 Å². The summed E-state index contributed by atoms with van der Waals surface area (Å²) in [7, 11) is 0. The maximum atomic E-state index is 13.3. The van der Waals surface area contributed by atoms with Crippen LogP contribution in [0.1, 0.15) is 58.8 Å². The number of amides is 1. The summed E-state index contributed by atoms with van der Waals surface area (Å²) in [4.78, 5) is 51.5. The largest absolute Gasteiger partial charge is 0.397 e. The van der Waals surface area contributed by atoms with E-state index in [0.29, 0.717) is 21.8 Å². The zero-order valence-corrected chi connectivity index (χ0v) is 19.4. The smallest absolute Gasteiger partial charge is 0.260 e. The van der Waals surface area contributed by atoms with Gasteiger partial charge in [-0.05, 0) is 30.3 Å². The molecule has 0 saturated carbocycles. The van der Waals surface area contributed by atoms with Crippen LogP contribution in [0.2, 0.25) is 0 Å². The van der Waals surface area contributed by atoms with E-state index < -0.39 is 5.91 Å². The predicted molar refractivity (Wildman–Crippen MR) is 136 cm³/mol. The minimum absolute atomic E-state index is 0.0802. The number of thiophene rings is 1. The van der Waals surface area contributed by atoms with Crippen LogP contribution in [0.4, 0.5) is 22.1 Å². The van der Waals surface area contributed by atoms with Crippen molar-refractivity contribution < 1.29 is 19.2 Å². The molecule has 0 bridgehead atoms. The number of hydrogen-bond acceptors (Lipinski definition) is 7. The first-order valence-electron chi connectivity index (χ1n) is 10.7. The Kier molecular flexibility index (Phi) is 5.50. The van der Waals surface area contributed by atoms with E-state index in [1.807, 2.05) is 30.3 Å². The molecular weight excluding hydrogens is 462 g/mol. The summed E-state index contributed by atoms with van der Waals surface area (Å²) in [6.45, 7) is 1.39. The van der Waals surface area contributed by atoms with Crippen molar-refractivity contribution in [2.45, 2.75) is 6.92 Å². The maximum Gasteiger partial charge on any atom is 0.260 e. The van der Waals surface area contributed by atoms with E-state index in [9.17, 15) is 19.2 Å². The number of Topliss-reactive ketones (excluding diaryl/α,β-unsaturated/α-hetero) is 1. The van der Waals surface area contributed by atoms with Crippen molar-refractivity contribution in [2.24, 2.45) is 0 Å². The molecule has 1 heterocycles. The fourth-order valence-corrected chi connectivity index (χ4v) is 5.08. The zero-order valence-electron chi connectivity index (χ0n) is 18.5. The third-order valence-electron chi connectivity index (χ3n) is 5.71. The molecule has 0 fully saturated rings. The monoisotopic (exact) mass is 481 g/mol. The fraction of sp³-hybridized carbons (Fsp3) is 0.0370. The Morgan fingerprint density at radius 2 is 1.37 bits per heavy atom. The van der Waals surface area contributed by atoms with E-state index in [2.05, 4.69) is 10.6 Å². The molecule has 4 aromatic rings. The van der Waals surface area contributed by atoms with Crippen molar-refractivity contribution in [3.05, 3.63) is 105 Å². The number of fused-ring (bicyclic) bond motifs is 2. The quantitative estimate of drug-likeness (QED) is 0.293. The molecule has 3 aromatic carbocycles. The van der Waals surface area contributed by atoms with E-state index in [-0.39, 0.29) is 44.6 Å². The zero-order chi connectivity index (χ0) is 24.7. The van der Waals surface area contributed by atoms with Gasteiger partial charge in [0, 0.05) is 40.6 Å². The van der Waals surface area contributed by atoms with Gasteiger partial charge in [-0.15, -0.1) is 11.3 Å². The summed E-state index contributed by atoms with van der Waals surface area (Å²) in [5.74, 6) is -1.32. The first-order chi connectivity index (χ1) is 16.8. The van der Waals surface area contributed by atoms with Gasteiger partial charge in [0.15, 0.2) is 17.3 Å². The van der Waals surface area contributed by atoms with Gasteiger partial charge >= 0.3 is 0 Å². The van der Waals surface area contributed by atoms with Crippen molar-refractivity contribution in [3.8, 4) is 0 Å². The predicted octanol–water partition coefficient (Wildman–Crippen LogP) is 5.30. The minimum atomic E-state index is -0.542. The average Bonchev–Trinajstić information content (AvgIpc) is 3.19. The second-order valence-electron chi connectivity index (χ2n) is 8.01. The highest BCUT2D eigenvalue weighted by atomic mass is 32.1. The second kappa shape index (κ2) is 8.66. The summed E-state index contributed by atoms with van der Waals surface area (Å²) in [5, 5.41) is 6.34. The van der Waals surface area contributed by atoms with Crippen molar-refractivity contribution in [1.29, 1.82) is 0 Å². The molecule has 1 aromatic heterocycles. The van der Waals surface area contributed by atoms with Gasteiger partial charge in [-0.3, -0.25) is 19.2 Å². The van der Waals surface area contributed by atoms with Crippen molar-refractivity contribution in [2.75, 3.05) is 16.4 Å². The number of nitrogens with one attached hydrogen (secondary N) is 2. The van der Waals surface area contributed by atoms with Gasteiger partial charge in [0.1, 0.15) is 5.00 Å². The van der Waals surface area contributed by atoms with Crippen LogP contribution in [-0.4, -0.2) is 23.3 Å². The molecule has 0 unspecified atom stereocenters. The second-order valence-corrected chi connectivity index (χ2v) is 9.04. The molecular formula is C27H19N3O4S. The van der Waals surface area contributed by atoms with Crippen LogP contribution in [0.25, 0.3) is 0 Å². The topological polar surface area (TPSA) is 118 Å². The average molecular weight is 482 g/mol. The van der Waals surface area contributed by atoms with Crippen molar-refractivity contribution in [3.63, 3.8) is 0 Å². The molecule has 0 aliphatic heterocycles. The number of para-hydroxylation sites is 1. The van der Waals surface area contributed by atoms with Crippen molar-refractivity contribution >= 4 is 56.7 Å². The molecule has 0 spiro atoms. The summed E-state index contributed by atoms with van der Waals surface area (Å²) < 4.78 is 0. The number of anilines is 4. The van der Waals surface area contributed by atoms with E-state index in [1.165, 1.54) is 19.1 Å². The first kappa shape index (κ1) is 22.2. The molecule has 0 saturated heterocycles. The van der Waals surface area contributed by atoms with Gasteiger partial charge in [0.05, 0.1) is 16.1 Å². The van der Waals surface area contributed by atoms with E-state index >= 15 is 0 Å². The molecule has 172 valence electrons. The highest BCUT2D eigenvalue weighted by molar-refractivity contribution is 7.19. The standard InChI is InChI=1S/C27H19N3O4S/c1-14(31)25-22(28)21(27(35-25)30-15-7-3-2-4-8-15)26(34)29-16-11-12-19-20(13-16)24(33)18-10-6-5-9-17(18)23(19)32/h2-13,30H,28H2,1H3,(H,29,34). The lowest BCUT2D eigenvalue weighted by atomic mass is 9.84. The number of nitrogens with two attached hydrogens (primary N) is 1. The van der Waals surface area contributed by atoms with E-state index in [0.717, 1.165) is 17.0 Å². The summed E-state index contributed by atoms with van der Waals surface area (Å²) in [5.41, 5.74) is 8.68. The molecule has 0 radical (unpaired) electrons. The lowest BCUT2D eigenvalue weighted by Gasteiger charge is -2.18. The third-order valence-corrected chi connectivity index (χ3v) is 6.93. The normalized spacial score (nSPS) is 12.0. The molecule has 1 aliphatic rings. The number of ketones is 3. The highest BCUT2D eigenvalue weighted by Gasteiger charge is 2.30. The minimum Gasteiger partial charge on any atom is -0.397 e.